The minimum absolute atomic E-state index is 0.182. The van der Waals surface area contributed by atoms with Crippen LogP contribution in [0.2, 0.25) is 0 Å². The monoisotopic (exact) mass is 407 g/mol. The number of aromatic nitrogens is 2. The first-order chi connectivity index (χ1) is 12.5. The third-order valence-corrected chi connectivity index (χ3v) is 6.69. The quantitative estimate of drug-likeness (QED) is 0.483. The summed E-state index contributed by atoms with van der Waals surface area (Å²) in [6.07, 6.45) is 0. The molecule has 0 spiro atoms. The summed E-state index contributed by atoms with van der Waals surface area (Å²) in [6, 6.07) is 7.88. The van der Waals surface area contributed by atoms with Gasteiger partial charge in [-0.25, -0.2) is 14.8 Å². The Morgan fingerprint density at radius 1 is 1.27 bits per heavy atom. The zero-order chi connectivity index (χ0) is 18.7. The zero-order valence-electron chi connectivity index (χ0n) is 14.4. The summed E-state index contributed by atoms with van der Waals surface area (Å²) in [6.45, 7) is 5.59. The van der Waals surface area contributed by atoms with Gasteiger partial charge >= 0.3 is 5.97 Å². The summed E-state index contributed by atoms with van der Waals surface area (Å²) in [5.74, 6) is -0.599. The lowest BCUT2D eigenvalue weighted by atomic mass is 10.3. The van der Waals surface area contributed by atoms with E-state index < -0.39 is 5.97 Å². The van der Waals surface area contributed by atoms with E-state index in [0.717, 1.165) is 25.9 Å². The highest BCUT2D eigenvalue weighted by Crippen LogP contribution is 2.32. The van der Waals surface area contributed by atoms with Crippen LogP contribution in [0.1, 0.15) is 29.2 Å². The van der Waals surface area contributed by atoms with E-state index in [2.05, 4.69) is 15.3 Å². The van der Waals surface area contributed by atoms with Gasteiger partial charge in [0, 0.05) is 0 Å². The molecule has 1 aromatic carbocycles. The Morgan fingerprint density at radius 2 is 2.04 bits per heavy atom. The maximum atomic E-state index is 12.4. The molecule has 3 aromatic rings. The Balaban J connectivity index is 1.65. The second kappa shape index (κ2) is 8.15. The van der Waals surface area contributed by atoms with E-state index in [1.165, 1.54) is 11.8 Å². The Hall–Kier alpha value is -1.97. The second-order valence-electron chi connectivity index (χ2n) is 5.35. The molecule has 1 N–H and O–H groups in total. The number of thiazole rings is 2. The van der Waals surface area contributed by atoms with Crippen molar-refractivity contribution in [3.8, 4) is 0 Å². The van der Waals surface area contributed by atoms with Gasteiger partial charge in [-0.2, -0.15) is 0 Å². The van der Waals surface area contributed by atoms with E-state index in [1.54, 1.807) is 25.2 Å². The second-order valence-corrected chi connectivity index (χ2v) is 8.97. The van der Waals surface area contributed by atoms with Gasteiger partial charge in [-0.05, 0) is 32.9 Å². The number of fused-ring (bicyclic) bond motifs is 1. The highest BCUT2D eigenvalue weighted by atomic mass is 32.2. The fourth-order valence-electron chi connectivity index (χ4n) is 2.15. The van der Waals surface area contributed by atoms with Crippen molar-refractivity contribution in [1.29, 1.82) is 0 Å². The van der Waals surface area contributed by atoms with Crippen LogP contribution in [0, 0.1) is 6.92 Å². The molecule has 0 aliphatic heterocycles. The number of benzene rings is 1. The number of amides is 1. The summed E-state index contributed by atoms with van der Waals surface area (Å²) in [5, 5.41) is 2.82. The van der Waals surface area contributed by atoms with E-state index in [-0.39, 0.29) is 11.2 Å². The summed E-state index contributed by atoms with van der Waals surface area (Å²) in [7, 11) is 0. The lowest BCUT2D eigenvalue weighted by molar-refractivity contribution is -0.115. The number of hydrogen-bond acceptors (Lipinski definition) is 8. The topological polar surface area (TPSA) is 81.2 Å². The number of rotatable bonds is 6. The van der Waals surface area contributed by atoms with Crippen molar-refractivity contribution in [3.63, 3.8) is 0 Å². The number of hydrogen-bond donors (Lipinski definition) is 1. The largest absolute Gasteiger partial charge is 0.462 e. The van der Waals surface area contributed by atoms with Crippen LogP contribution in [0.3, 0.4) is 0 Å². The van der Waals surface area contributed by atoms with Gasteiger partial charge in [-0.1, -0.05) is 35.2 Å². The third-order valence-electron chi connectivity index (χ3n) is 3.41. The van der Waals surface area contributed by atoms with Gasteiger partial charge in [-0.3, -0.25) is 4.79 Å². The zero-order valence-corrected chi connectivity index (χ0v) is 16.9. The van der Waals surface area contributed by atoms with E-state index in [9.17, 15) is 9.59 Å². The van der Waals surface area contributed by atoms with Crippen molar-refractivity contribution in [3.05, 3.63) is 34.8 Å². The molecule has 136 valence electrons. The first-order valence-corrected chi connectivity index (χ1v) is 10.5. The molecule has 1 atom stereocenters. The fourth-order valence-corrected chi connectivity index (χ4v) is 5.22. The number of anilines is 1. The van der Waals surface area contributed by atoms with E-state index in [0.29, 0.717) is 22.3 Å². The molecule has 0 aliphatic rings. The Morgan fingerprint density at radius 3 is 2.77 bits per heavy atom. The standard InChI is InChI=1S/C17H17N3O3S3/c1-4-23-15(22)13-9(2)18-16(26-13)20-14(21)10(3)24-17-19-11-7-5-6-8-12(11)25-17/h5-8,10H,4H2,1-3H3,(H,18,20,21)/t10-/m0/s1. The molecule has 0 aliphatic carbocycles. The molecule has 3 rings (SSSR count). The summed E-state index contributed by atoms with van der Waals surface area (Å²) in [4.78, 5) is 33.5. The lowest BCUT2D eigenvalue weighted by Gasteiger charge is -2.08. The van der Waals surface area contributed by atoms with Crippen LogP contribution in [0.15, 0.2) is 28.6 Å². The fraction of sp³-hybridized carbons (Fsp3) is 0.294. The molecule has 0 saturated heterocycles. The van der Waals surface area contributed by atoms with Crippen molar-refractivity contribution in [2.45, 2.75) is 30.4 Å². The van der Waals surface area contributed by atoms with Gasteiger partial charge in [-0.15, -0.1) is 11.3 Å². The minimum atomic E-state index is -0.417. The van der Waals surface area contributed by atoms with Crippen LogP contribution >= 0.6 is 34.4 Å². The number of thioether (sulfide) groups is 1. The van der Waals surface area contributed by atoms with Gasteiger partial charge in [0.25, 0.3) is 0 Å². The van der Waals surface area contributed by atoms with Crippen LogP contribution in [0.5, 0.6) is 0 Å². The molecule has 2 heterocycles. The normalized spacial score (nSPS) is 12.1. The number of para-hydroxylation sites is 1. The van der Waals surface area contributed by atoms with Crippen LogP contribution < -0.4 is 5.32 Å². The highest BCUT2D eigenvalue weighted by molar-refractivity contribution is 8.02. The molecule has 0 unspecified atom stereocenters. The summed E-state index contributed by atoms with van der Waals surface area (Å²) >= 11 is 4.09. The first-order valence-electron chi connectivity index (χ1n) is 7.95. The lowest BCUT2D eigenvalue weighted by Crippen LogP contribution is -2.22. The Bertz CT molecular complexity index is 918. The maximum absolute atomic E-state index is 12.4. The minimum Gasteiger partial charge on any atom is -0.462 e. The number of nitrogens with one attached hydrogen (secondary N) is 1. The SMILES string of the molecule is CCOC(=O)c1sc(NC(=O)[C@H](C)Sc2nc3ccccc3s2)nc1C. The predicted octanol–water partition coefficient (Wildman–Crippen LogP) is 4.36. The van der Waals surface area contributed by atoms with Crippen LogP contribution in [-0.4, -0.2) is 33.7 Å². The number of nitrogens with zero attached hydrogens (tertiary/aromatic N) is 2. The number of aryl methyl sites for hydroxylation is 1. The molecule has 0 bridgehead atoms. The Labute approximate surface area is 163 Å². The van der Waals surface area contributed by atoms with Crippen molar-refractivity contribution >= 4 is 61.7 Å². The van der Waals surface area contributed by atoms with Gasteiger partial charge in [0.05, 0.1) is 27.8 Å². The number of carbonyl (C=O) groups excluding carboxylic acids is 2. The van der Waals surface area contributed by atoms with Crippen LogP contribution in [0.25, 0.3) is 10.2 Å². The predicted molar refractivity (Wildman–Crippen MR) is 106 cm³/mol. The van der Waals surface area contributed by atoms with Gasteiger partial charge < -0.3 is 10.1 Å². The number of carbonyl (C=O) groups is 2. The average molecular weight is 408 g/mol. The summed E-state index contributed by atoms with van der Waals surface area (Å²) in [5.41, 5.74) is 1.48. The van der Waals surface area contributed by atoms with Crippen molar-refractivity contribution in [1.82, 2.24) is 9.97 Å². The van der Waals surface area contributed by atoms with Crippen LogP contribution in [0.4, 0.5) is 5.13 Å². The molecular weight excluding hydrogens is 390 g/mol. The molecule has 0 saturated carbocycles. The molecule has 9 heteroatoms. The molecular formula is C17H17N3O3S3. The maximum Gasteiger partial charge on any atom is 0.350 e. The van der Waals surface area contributed by atoms with Crippen molar-refractivity contribution in [2.75, 3.05) is 11.9 Å². The third kappa shape index (κ3) is 4.22. The first kappa shape index (κ1) is 18.8. The van der Waals surface area contributed by atoms with E-state index in [4.69, 9.17) is 4.74 Å². The molecule has 0 radical (unpaired) electrons. The van der Waals surface area contributed by atoms with Crippen molar-refractivity contribution in [2.24, 2.45) is 0 Å². The number of ether oxygens (including phenoxy) is 1. The summed E-state index contributed by atoms with van der Waals surface area (Å²) < 4.78 is 6.93. The van der Waals surface area contributed by atoms with Gasteiger partial charge in [0.2, 0.25) is 5.91 Å². The highest BCUT2D eigenvalue weighted by Gasteiger charge is 2.21. The molecule has 2 aromatic heterocycles. The van der Waals surface area contributed by atoms with E-state index >= 15 is 0 Å². The number of esters is 1. The smallest absolute Gasteiger partial charge is 0.350 e. The van der Waals surface area contributed by atoms with Gasteiger partial charge in [0.15, 0.2) is 9.47 Å². The molecule has 1 amide bonds. The van der Waals surface area contributed by atoms with Crippen molar-refractivity contribution < 1.29 is 14.3 Å². The Kier molecular flexibility index (Phi) is 5.90. The average Bonchev–Trinajstić information content (AvgIpc) is 3.17. The van der Waals surface area contributed by atoms with Gasteiger partial charge in [0.1, 0.15) is 4.88 Å². The molecule has 6 nitrogen and oxygen atoms in total. The molecule has 0 fully saturated rings. The van der Waals surface area contributed by atoms with Crippen LogP contribution in [-0.2, 0) is 9.53 Å². The molecule has 26 heavy (non-hydrogen) atoms. The van der Waals surface area contributed by atoms with E-state index in [1.807, 2.05) is 31.2 Å².